The lowest BCUT2D eigenvalue weighted by atomic mass is 10.2. The minimum absolute atomic E-state index is 0.100. The number of thioether (sulfide) groups is 1. The second kappa shape index (κ2) is 10.3. The molecule has 0 aromatic carbocycles. The highest BCUT2D eigenvalue weighted by atomic mass is 33.1. The second-order valence-corrected chi connectivity index (χ2v) is 9.01. The number of ether oxygens (including phenoxy) is 1. The maximum Gasteiger partial charge on any atom is 0.407 e. The van der Waals surface area contributed by atoms with Gasteiger partial charge in [0.25, 0.3) is 0 Å². The van der Waals surface area contributed by atoms with Gasteiger partial charge in [-0.15, -0.1) is 0 Å². The quantitative estimate of drug-likeness (QED) is 0.690. The van der Waals surface area contributed by atoms with Gasteiger partial charge in [0.15, 0.2) is 0 Å². The van der Waals surface area contributed by atoms with Gasteiger partial charge in [-0.3, -0.25) is 0 Å². The molecule has 1 aromatic rings. The first-order chi connectivity index (χ1) is 10.4. The van der Waals surface area contributed by atoms with E-state index in [1.807, 2.05) is 39.0 Å². The predicted octanol–water partition coefficient (Wildman–Crippen LogP) is 4.47. The van der Waals surface area contributed by atoms with E-state index in [9.17, 15) is 4.79 Å². The largest absolute Gasteiger partial charge is 0.444 e. The van der Waals surface area contributed by atoms with E-state index >= 15 is 0 Å². The van der Waals surface area contributed by atoms with Crippen LogP contribution in [0.3, 0.4) is 0 Å². The van der Waals surface area contributed by atoms with Crippen molar-refractivity contribution in [2.24, 2.45) is 0 Å². The van der Waals surface area contributed by atoms with Crippen molar-refractivity contribution in [3.8, 4) is 0 Å². The van der Waals surface area contributed by atoms with Crippen LogP contribution in [-0.2, 0) is 4.74 Å². The van der Waals surface area contributed by atoms with E-state index in [1.165, 1.54) is 0 Å². The molecule has 4 nitrogen and oxygen atoms in total. The summed E-state index contributed by atoms with van der Waals surface area (Å²) < 4.78 is 5.33. The molecule has 0 aliphatic rings. The van der Waals surface area contributed by atoms with Crippen LogP contribution in [0.5, 0.6) is 0 Å². The Morgan fingerprint density at radius 3 is 2.77 bits per heavy atom. The summed E-state index contributed by atoms with van der Waals surface area (Å²) in [5.41, 5.74) is -0.468. The Labute approximate surface area is 145 Å². The van der Waals surface area contributed by atoms with Gasteiger partial charge in [-0.05, 0) is 62.1 Å². The normalized spacial score (nSPS) is 12.7. The minimum atomic E-state index is -0.468. The summed E-state index contributed by atoms with van der Waals surface area (Å²) in [7, 11) is 3.33. The van der Waals surface area contributed by atoms with Crippen molar-refractivity contribution in [2.75, 3.05) is 17.8 Å². The van der Waals surface area contributed by atoms with Crippen LogP contribution in [0.4, 0.5) is 4.79 Å². The molecule has 0 aliphatic carbocycles. The first kappa shape index (κ1) is 19.5. The number of nitrogens with one attached hydrogen (secondary N) is 1. The average molecular weight is 361 g/mol. The molecule has 1 atom stereocenters. The maximum absolute atomic E-state index is 11.9. The van der Waals surface area contributed by atoms with Gasteiger partial charge in [0.2, 0.25) is 0 Å². The standard InChI is InChI=1S/C15H24N2O2S3/c1-15(2,3)19-14(18)17-12(8-10-20-4)11-21-22-13-7-5-6-9-16-13/h5-7,9,12H,8,10-11H2,1-4H3,(H,17,18). The summed E-state index contributed by atoms with van der Waals surface area (Å²) in [4.78, 5) is 16.2. The lowest BCUT2D eigenvalue weighted by Crippen LogP contribution is -2.40. The predicted molar refractivity (Wildman–Crippen MR) is 98.7 cm³/mol. The molecule has 1 heterocycles. The maximum atomic E-state index is 11.9. The highest BCUT2D eigenvalue weighted by molar-refractivity contribution is 8.76. The van der Waals surface area contributed by atoms with E-state index in [-0.39, 0.29) is 12.1 Å². The molecule has 22 heavy (non-hydrogen) atoms. The zero-order valence-corrected chi connectivity index (χ0v) is 15.9. The zero-order valence-electron chi connectivity index (χ0n) is 13.5. The SMILES string of the molecule is CSCCC(CSSc1ccccn1)NC(=O)OC(C)(C)C. The van der Waals surface area contributed by atoms with Crippen molar-refractivity contribution in [1.29, 1.82) is 0 Å². The molecule has 0 fully saturated rings. The van der Waals surface area contributed by atoms with Gasteiger partial charge in [-0.1, -0.05) is 16.9 Å². The number of alkyl carbamates (subject to hydrolysis) is 1. The number of amides is 1. The summed E-state index contributed by atoms with van der Waals surface area (Å²) in [5.74, 6) is 1.83. The molecule has 0 bridgehead atoms. The number of pyridine rings is 1. The average Bonchev–Trinajstić information content (AvgIpc) is 2.43. The van der Waals surface area contributed by atoms with Crippen LogP contribution < -0.4 is 5.32 Å². The Bertz CT molecular complexity index is 438. The molecule has 1 rings (SSSR count). The number of carbonyl (C=O) groups excluding carboxylic acids is 1. The molecule has 0 saturated heterocycles. The second-order valence-electron chi connectivity index (χ2n) is 5.66. The lowest BCUT2D eigenvalue weighted by molar-refractivity contribution is 0.0509. The van der Waals surface area contributed by atoms with Gasteiger partial charge in [-0.25, -0.2) is 9.78 Å². The number of rotatable bonds is 8. The van der Waals surface area contributed by atoms with Crippen molar-refractivity contribution in [2.45, 2.75) is 43.9 Å². The highest BCUT2D eigenvalue weighted by Crippen LogP contribution is 2.30. The molecule has 124 valence electrons. The Hall–Kier alpha value is -0.530. The molecule has 1 amide bonds. The summed E-state index contributed by atoms with van der Waals surface area (Å²) >= 11 is 1.78. The van der Waals surface area contributed by atoms with Gasteiger partial charge in [0.1, 0.15) is 10.6 Å². The van der Waals surface area contributed by atoms with E-state index in [4.69, 9.17) is 4.74 Å². The Kier molecular flexibility index (Phi) is 9.12. The molecule has 0 spiro atoms. The summed E-state index contributed by atoms with van der Waals surface area (Å²) in [6.07, 6.45) is 4.44. The smallest absolute Gasteiger partial charge is 0.407 e. The fourth-order valence-corrected chi connectivity index (χ4v) is 4.22. The molecule has 0 saturated carbocycles. The van der Waals surface area contributed by atoms with Crippen molar-refractivity contribution in [3.05, 3.63) is 24.4 Å². The van der Waals surface area contributed by atoms with Gasteiger partial charge in [0.05, 0.1) is 0 Å². The summed E-state index contributed by atoms with van der Waals surface area (Å²) in [6, 6.07) is 5.96. The van der Waals surface area contributed by atoms with Crippen LogP contribution >= 0.6 is 33.3 Å². The monoisotopic (exact) mass is 360 g/mol. The molecule has 0 aliphatic heterocycles. The van der Waals surface area contributed by atoms with E-state index in [1.54, 1.807) is 39.5 Å². The van der Waals surface area contributed by atoms with Crippen LogP contribution in [0.1, 0.15) is 27.2 Å². The number of hydrogen-bond acceptors (Lipinski definition) is 6. The van der Waals surface area contributed by atoms with Crippen molar-refractivity contribution in [1.82, 2.24) is 10.3 Å². The fourth-order valence-electron chi connectivity index (χ4n) is 1.50. The first-order valence-corrected chi connectivity index (χ1v) is 10.8. The lowest BCUT2D eigenvalue weighted by Gasteiger charge is -2.23. The van der Waals surface area contributed by atoms with Gasteiger partial charge < -0.3 is 10.1 Å². The Morgan fingerprint density at radius 2 is 2.18 bits per heavy atom. The minimum Gasteiger partial charge on any atom is -0.444 e. The molecular weight excluding hydrogens is 336 g/mol. The van der Waals surface area contributed by atoms with Crippen LogP contribution in [0.25, 0.3) is 0 Å². The van der Waals surface area contributed by atoms with E-state index in [0.29, 0.717) is 0 Å². The number of carbonyl (C=O) groups is 1. The summed E-state index contributed by atoms with van der Waals surface area (Å²) in [5, 5.41) is 3.95. The molecule has 0 radical (unpaired) electrons. The van der Waals surface area contributed by atoms with Crippen LogP contribution in [0.2, 0.25) is 0 Å². The van der Waals surface area contributed by atoms with E-state index < -0.39 is 5.60 Å². The molecule has 1 aromatic heterocycles. The highest BCUT2D eigenvalue weighted by Gasteiger charge is 2.19. The van der Waals surface area contributed by atoms with Crippen molar-refractivity contribution in [3.63, 3.8) is 0 Å². The van der Waals surface area contributed by atoms with Crippen molar-refractivity contribution < 1.29 is 9.53 Å². The third-order valence-corrected chi connectivity index (χ3v) is 5.43. The third-order valence-electron chi connectivity index (χ3n) is 2.44. The molecular formula is C15H24N2O2S3. The number of aromatic nitrogens is 1. The number of nitrogens with zero attached hydrogens (tertiary/aromatic N) is 1. The van der Waals surface area contributed by atoms with Crippen molar-refractivity contribution >= 4 is 39.4 Å². The van der Waals surface area contributed by atoms with Gasteiger partial charge >= 0.3 is 6.09 Å². The van der Waals surface area contributed by atoms with Crippen LogP contribution in [0, 0.1) is 0 Å². The molecule has 7 heteroatoms. The summed E-state index contributed by atoms with van der Waals surface area (Å²) in [6.45, 7) is 5.61. The van der Waals surface area contributed by atoms with Crippen LogP contribution in [-0.4, -0.2) is 40.5 Å². The van der Waals surface area contributed by atoms with Gasteiger partial charge in [0, 0.05) is 18.0 Å². The number of hydrogen-bond donors (Lipinski definition) is 1. The Morgan fingerprint density at radius 1 is 1.41 bits per heavy atom. The fraction of sp³-hybridized carbons (Fsp3) is 0.600. The molecule has 1 unspecified atom stereocenters. The zero-order chi connectivity index (χ0) is 16.4. The van der Waals surface area contributed by atoms with Crippen LogP contribution in [0.15, 0.2) is 29.4 Å². The molecule has 1 N–H and O–H groups in total. The third kappa shape index (κ3) is 9.48. The van der Waals surface area contributed by atoms with E-state index in [0.717, 1.165) is 23.0 Å². The van der Waals surface area contributed by atoms with Gasteiger partial charge in [-0.2, -0.15) is 11.8 Å². The first-order valence-electron chi connectivity index (χ1n) is 7.09. The Balaban J connectivity index is 2.41. The van der Waals surface area contributed by atoms with E-state index in [2.05, 4.69) is 16.6 Å². The topological polar surface area (TPSA) is 51.2 Å².